The quantitative estimate of drug-likeness (QED) is 0.610. The highest BCUT2D eigenvalue weighted by atomic mass is 35.5. The summed E-state index contributed by atoms with van der Waals surface area (Å²) in [4.78, 5) is 13.1. The fourth-order valence-corrected chi connectivity index (χ4v) is 3.85. The number of hydrogen-bond acceptors (Lipinski definition) is 2. The van der Waals surface area contributed by atoms with Crippen LogP contribution in [-0.4, -0.2) is 18.2 Å². The molecule has 2 nitrogen and oxygen atoms in total. The molecule has 3 aromatic rings. The van der Waals surface area contributed by atoms with Gasteiger partial charge in [-0.3, -0.25) is 4.79 Å². The van der Waals surface area contributed by atoms with Gasteiger partial charge in [-0.1, -0.05) is 48.0 Å². The molecule has 128 valence electrons. The molecule has 0 aliphatic heterocycles. The zero-order valence-electron chi connectivity index (χ0n) is 13.5. The predicted octanol–water partition coefficient (Wildman–Crippen LogP) is 5.08. The smallest absolute Gasteiger partial charge is 0.230 e. The lowest BCUT2D eigenvalue weighted by molar-refractivity contribution is -0.118. The zero-order chi connectivity index (χ0) is 17.6. The molecule has 5 heteroatoms. The first-order chi connectivity index (χ1) is 12.1. The Morgan fingerprint density at radius 3 is 2.52 bits per heavy atom. The van der Waals surface area contributed by atoms with Crippen LogP contribution in [-0.2, 0) is 11.2 Å². The number of carbonyl (C=O) groups excluding carboxylic acids is 1. The third-order valence-corrected chi connectivity index (χ3v) is 5.20. The summed E-state index contributed by atoms with van der Waals surface area (Å²) in [5.41, 5.74) is 0.996. The van der Waals surface area contributed by atoms with E-state index in [9.17, 15) is 9.18 Å². The van der Waals surface area contributed by atoms with Crippen LogP contribution in [0.2, 0.25) is 5.02 Å². The summed E-state index contributed by atoms with van der Waals surface area (Å²) in [6, 6.07) is 18.1. The first-order valence-electron chi connectivity index (χ1n) is 7.94. The minimum absolute atomic E-state index is 0.0313. The van der Waals surface area contributed by atoms with Gasteiger partial charge in [0.15, 0.2) is 0 Å². The van der Waals surface area contributed by atoms with Gasteiger partial charge in [-0.15, -0.1) is 11.8 Å². The molecule has 0 heterocycles. The van der Waals surface area contributed by atoms with E-state index in [2.05, 4.69) is 5.32 Å². The van der Waals surface area contributed by atoms with Crippen molar-refractivity contribution in [3.8, 4) is 0 Å². The van der Waals surface area contributed by atoms with E-state index in [4.69, 9.17) is 11.6 Å². The van der Waals surface area contributed by atoms with E-state index >= 15 is 0 Å². The molecule has 3 rings (SSSR count). The summed E-state index contributed by atoms with van der Waals surface area (Å²) in [5.74, 6) is 0.0439. The van der Waals surface area contributed by atoms with Crippen molar-refractivity contribution in [3.05, 3.63) is 77.1 Å². The molecule has 0 aromatic heterocycles. The van der Waals surface area contributed by atoms with E-state index < -0.39 is 0 Å². The number of halogens is 2. The van der Waals surface area contributed by atoms with Crippen molar-refractivity contribution in [2.45, 2.75) is 11.3 Å². The van der Waals surface area contributed by atoms with Gasteiger partial charge in [0, 0.05) is 21.8 Å². The molecule has 3 aromatic carbocycles. The maximum absolute atomic E-state index is 12.9. The molecular formula is C20H17ClFNOS. The molecule has 1 N–H and O–H groups in total. The van der Waals surface area contributed by atoms with Crippen molar-refractivity contribution < 1.29 is 9.18 Å². The number of rotatable bonds is 6. The molecular weight excluding hydrogens is 357 g/mol. The highest BCUT2D eigenvalue weighted by Crippen LogP contribution is 2.32. The van der Waals surface area contributed by atoms with Gasteiger partial charge in [0.05, 0.1) is 5.75 Å². The second-order valence-electron chi connectivity index (χ2n) is 5.61. The van der Waals surface area contributed by atoms with Gasteiger partial charge < -0.3 is 5.32 Å². The van der Waals surface area contributed by atoms with Crippen molar-refractivity contribution in [1.29, 1.82) is 0 Å². The Morgan fingerprint density at radius 1 is 1.04 bits per heavy atom. The summed E-state index contributed by atoms with van der Waals surface area (Å²) in [6.07, 6.45) is 0.677. The van der Waals surface area contributed by atoms with Crippen LogP contribution in [0.4, 0.5) is 4.39 Å². The monoisotopic (exact) mass is 373 g/mol. The standard InChI is InChI=1S/C20H17ClFNOS/c21-17-5-1-3-15-4-2-6-18(20(15)17)25-13-19(24)23-12-11-14-7-9-16(22)10-8-14/h1-10H,11-13H2,(H,23,24). The third kappa shape index (κ3) is 4.74. The predicted molar refractivity (Wildman–Crippen MR) is 103 cm³/mol. The van der Waals surface area contributed by atoms with Crippen LogP contribution >= 0.6 is 23.4 Å². The lowest BCUT2D eigenvalue weighted by Crippen LogP contribution is -2.27. The summed E-state index contributed by atoms with van der Waals surface area (Å²) >= 11 is 7.77. The average molecular weight is 374 g/mol. The average Bonchev–Trinajstić information content (AvgIpc) is 2.62. The van der Waals surface area contributed by atoms with Crippen molar-refractivity contribution in [2.75, 3.05) is 12.3 Å². The minimum atomic E-state index is -0.252. The van der Waals surface area contributed by atoms with Crippen LogP contribution in [0.1, 0.15) is 5.56 Å². The normalized spacial score (nSPS) is 10.8. The van der Waals surface area contributed by atoms with Crippen LogP contribution in [0.15, 0.2) is 65.6 Å². The maximum atomic E-state index is 12.9. The van der Waals surface area contributed by atoms with E-state index in [1.165, 1.54) is 23.9 Å². The van der Waals surface area contributed by atoms with Crippen LogP contribution in [0.25, 0.3) is 10.8 Å². The second kappa shape index (κ2) is 8.37. The van der Waals surface area contributed by atoms with Crippen LogP contribution in [0.5, 0.6) is 0 Å². The third-order valence-electron chi connectivity index (χ3n) is 3.82. The first-order valence-corrected chi connectivity index (χ1v) is 9.31. The van der Waals surface area contributed by atoms with Crippen LogP contribution < -0.4 is 5.32 Å². The highest BCUT2D eigenvalue weighted by Gasteiger charge is 2.08. The lowest BCUT2D eigenvalue weighted by Gasteiger charge is -2.09. The number of benzene rings is 3. The number of hydrogen-bond donors (Lipinski definition) is 1. The fraction of sp³-hybridized carbons (Fsp3) is 0.150. The number of carbonyl (C=O) groups is 1. The number of amides is 1. The molecule has 0 aliphatic carbocycles. The fourth-order valence-electron chi connectivity index (χ4n) is 2.57. The Bertz CT molecular complexity index is 877. The van der Waals surface area contributed by atoms with Gasteiger partial charge in [0.25, 0.3) is 0 Å². The first kappa shape index (κ1) is 17.8. The van der Waals surface area contributed by atoms with Gasteiger partial charge in [-0.05, 0) is 41.6 Å². The summed E-state index contributed by atoms with van der Waals surface area (Å²) in [6.45, 7) is 0.529. The molecule has 0 atom stereocenters. The van der Waals surface area contributed by atoms with E-state index in [1.54, 1.807) is 12.1 Å². The summed E-state index contributed by atoms with van der Waals surface area (Å²) < 4.78 is 12.9. The summed E-state index contributed by atoms with van der Waals surface area (Å²) in [5, 5.41) is 5.63. The Hall–Kier alpha value is -2.04. The second-order valence-corrected chi connectivity index (χ2v) is 7.03. The molecule has 0 spiro atoms. The Balaban J connectivity index is 1.53. The molecule has 0 unspecified atom stereocenters. The SMILES string of the molecule is O=C(CSc1cccc2cccc(Cl)c12)NCCc1ccc(F)cc1. The largest absolute Gasteiger partial charge is 0.355 e. The highest BCUT2D eigenvalue weighted by molar-refractivity contribution is 8.00. The van der Waals surface area contributed by atoms with Gasteiger partial charge in [0.2, 0.25) is 5.91 Å². The van der Waals surface area contributed by atoms with Crippen molar-refractivity contribution in [2.24, 2.45) is 0 Å². The summed E-state index contributed by atoms with van der Waals surface area (Å²) in [7, 11) is 0. The topological polar surface area (TPSA) is 29.1 Å². The molecule has 0 aliphatic rings. The molecule has 0 bridgehead atoms. The van der Waals surface area contributed by atoms with E-state index in [0.717, 1.165) is 21.2 Å². The molecule has 0 saturated heterocycles. The maximum Gasteiger partial charge on any atom is 0.230 e. The Morgan fingerprint density at radius 2 is 1.76 bits per heavy atom. The van der Waals surface area contributed by atoms with E-state index in [1.807, 2.05) is 36.4 Å². The van der Waals surface area contributed by atoms with Gasteiger partial charge in [-0.2, -0.15) is 0 Å². The number of fused-ring (bicyclic) bond motifs is 1. The van der Waals surface area contributed by atoms with E-state index in [-0.39, 0.29) is 11.7 Å². The van der Waals surface area contributed by atoms with Crippen LogP contribution in [0, 0.1) is 5.82 Å². The van der Waals surface area contributed by atoms with Gasteiger partial charge in [-0.25, -0.2) is 4.39 Å². The molecule has 0 fully saturated rings. The zero-order valence-corrected chi connectivity index (χ0v) is 15.0. The number of nitrogens with one attached hydrogen (secondary N) is 1. The molecule has 25 heavy (non-hydrogen) atoms. The Labute approximate surface area is 155 Å². The van der Waals surface area contributed by atoms with Crippen molar-refractivity contribution in [1.82, 2.24) is 5.32 Å². The van der Waals surface area contributed by atoms with E-state index in [0.29, 0.717) is 23.7 Å². The lowest BCUT2D eigenvalue weighted by atomic mass is 10.1. The molecule has 0 radical (unpaired) electrons. The minimum Gasteiger partial charge on any atom is -0.355 e. The number of thioether (sulfide) groups is 1. The Kier molecular flexibility index (Phi) is 5.95. The molecule has 0 saturated carbocycles. The van der Waals surface area contributed by atoms with Gasteiger partial charge in [0.1, 0.15) is 5.82 Å². The van der Waals surface area contributed by atoms with Crippen LogP contribution in [0.3, 0.4) is 0 Å². The molecule has 1 amide bonds. The van der Waals surface area contributed by atoms with Crippen molar-refractivity contribution in [3.63, 3.8) is 0 Å². The van der Waals surface area contributed by atoms with Gasteiger partial charge >= 0.3 is 0 Å². The van der Waals surface area contributed by atoms with Crippen molar-refractivity contribution >= 4 is 40.0 Å².